The highest BCUT2D eigenvalue weighted by Gasteiger charge is 2.36. The van der Waals surface area contributed by atoms with Gasteiger partial charge in [-0.05, 0) is 42.0 Å². The Bertz CT molecular complexity index is 1380. The van der Waals surface area contributed by atoms with E-state index >= 15 is 0 Å². The maximum Gasteiger partial charge on any atom is 0.261 e. The van der Waals surface area contributed by atoms with Crippen molar-refractivity contribution in [3.63, 3.8) is 0 Å². The summed E-state index contributed by atoms with van der Waals surface area (Å²) in [5.74, 6) is -0.540. The first kappa shape index (κ1) is 22.1. The van der Waals surface area contributed by atoms with Gasteiger partial charge in [0.1, 0.15) is 12.4 Å². The Morgan fingerprint density at radius 3 is 2.51 bits per heavy atom. The Kier molecular flexibility index (Phi) is 6.09. The van der Waals surface area contributed by atoms with Gasteiger partial charge in [0.15, 0.2) is 0 Å². The molecule has 4 aromatic rings. The minimum absolute atomic E-state index is 0.182. The summed E-state index contributed by atoms with van der Waals surface area (Å²) in [6, 6.07) is 22.8. The number of hydrogen-bond donors (Lipinski definition) is 1. The number of ether oxygens (including phenoxy) is 1. The average molecular weight is 466 g/mol. The molecule has 0 unspecified atom stereocenters. The quantitative estimate of drug-likeness (QED) is 0.396. The summed E-state index contributed by atoms with van der Waals surface area (Å²) < 4.78 is 7.52. The lowest BCUT2D eigenvalue weighted by molar-refractivity contribution is 0.0642. The number of benzene rings is 3. The highest BCUT2D eigenvalue weighted by molar-refractivity contribution is 6.22. The van der Waals surface area contributed by atoms with Crippen LogP contribution in [0.1, 0.15) is 36.6 Å². The lowest BCUT2D eigenvalue weighted by Gasteiger charge is -2.13. The third-order valence-electron chi connectivity index (χ3n) is 5.66. The monoisotopic (exact) mass is 466 g/mol. The van der Waals surface area contributed by atoms with E-state index in [-0.39, 0.29) is 29.5 Å². The van der Waals surface area contributed by atoms with Crippen LogP contribution in [0.5, 0.6) is 5.75 Å². The molecule has 0 atom stereocenters. The molecule has 174 valence electrons. The van der Waals surface area contributed by atoms with E-state index in [1.807, 2.05) is 42.6 Å². The van der Waals surface area contributed by atoms with E-state index < -0.39 is 5.91 Å². The van der Waals surface area contributed by atoms with E-state index in [9.17, 15) is 14.4 Å². The van der Waals surface area contributed by atoms with E-state index in [0.29, 0.717) is 30.2 Å². The van der Waals surface area contributed by atoms with Gasteiger partial charge in [-0.1, -0.05) is 36.4 Å². The summed E-state index contributed by atoms with van der Waals surface area (Å²) in [6.07, 6.45) is 3.56. The van der Waals surface area contributed by atoms with Gasteiger partial charge in [0.25, 0.3) is 17.7 Å². The van der Waals surface area contributed by atoms with Gasteiger partial charge in [0.05, 0.1) is 24.2 Å². The fraction of sp³-hybridized carbons (Fsp3) is 0.111. The molecule has 0 saturated carbocycles. The van der Waals surface area contributed by atoms with Crippen molar-refractivity contribution in [3.8, 4) is 5.75 Å². The van der Waals surface area contributed by atoms with E-state index in [1.165, 1.54) is 17.0 Å². The van der Waals surface area contributed by atoms with Gasteiger partial charge in [-0.15, -0.1) is 0 Å². The fourth-order valence-electron chi connectivity index (χ4n) is 3.90. The lowest BCUT2D eigenvalue weighted by Crippen LogP contribution is -2.29. The lowest BCUT2D eigenvalue weighted by atomic mass is 10.1. The number of nitrogens with one attached hydrogen (secondary N) is 1. The van der Waals surface area contributed by atoms with Crippen LogP contribution < -0.4 is 10.1 Å². The molecule has 1 aliphatic heterocycles. The van der Waals surface area contributed by atoms with Gasteiger partial charge < -0.3 is 10.1 Å². The average Bonchev–Trinajstić information content (AvgIpc) is 3.48. The molecule has 0 spiro atoms. The Hall–Kier alpha value is -4.72. The zero-order chi connectivity index (χ0) is 24.2. The van der Waals surface area contributed by atoms with Crippen LogP contribution in [0.15, 0.2) is 91.3 Å². The molecule has 3 aromatic carbocycles. The number of nitrogens with zero attached hydrogens (tertiary/aromatic N) is 3. The summed E-state index contributed by atoms with van der Waals surface area (Å²) in [5, 5.41) is 6.95. The van der Waals surface area contributed by atoms with Crippen LogP contribution in [0.2, 0.25) is 0 Å². The molecule has 2 heterocycles. The van der Waals surface area contributed by atoms with Crippen LogP contribution >= 0.6 is 0 Å². The Morgan fingerprint density at radius 2 is 1.71 bits per heavy atom. The Labute approximate surface area is 201 Å². The molecular weight excluding hydrogens is 444 g/mol. The van der Waals surface area contributed by atoms with Crippen LogP contribution in [-0.4, -0.2) is 39.0 Å². The molecule has 35 heavy (non-hydrogen) atoms. The van der Waals surface area contributed by atoms with Crippen LogP contribution in [-0.2, 0) is 13.1 Å². The highest BCUT2D eigenvalue weighted by Crippen LogP contribution is 2.26. The highest BCUT2D eigenvalue weighted by atomic mass is 16.5. The summed E-state index contributed by atoms with van der Waals surface area (Å²) in [5.41, 5.74) is 2.23. The minimum atomic E-state index is -0.406. The van der Waals surface area contributed by atoms with E-state index in [1.54, 1.807) is 41.2 Å². The first-order chi connectivity index (χ1) is 17.1. The van der Waals surface area contributed by atoms with Crippen molar-refractivity contribution in [2.45, 2.75) is 13.1 Å². The molecule has 0 bridgehead atoms. The van der Waals surface area contributed by atoms with Gasteiger partial charge in [-0.2, -0.15) is 5.10 Å². The van der Waals surface area contributed by atoms with E-state index in [0.717, 1.165) is 5.56 Å². The van der Waals surface area contributed by atoms with Crippen LogP contribution in [0.25, 0.3) is 0 Å². The Morgan fingerprint density at radius 1 is 0.886 bits per heavy atom. The third-order valence-corrected chi connectivity index (χ3v) is 5.66. The second kappa shape index (κ2) is 9.64. The maximum atomic E-state index is 12.9. The molecule has 8 heteroatoms. The summed E-state index contributed by atoms with van der Waals surface area (Å²) in [4.78, 5) is 39.8. The van der Waals surface area contributed by atoms with Gasteiger partial charge in [0, 0.05) is 29.7 Å². The molecule has 1 aromatic heterocycles. The molecular formula is C27H22N4O4. The van der Waals surface area contributed by atoms with Crippen molar-refractivity contribution in [3.05, 3.63) is 114 Å². The van der Waals surface area contributed by atoms with Crippen LogP contribution in [0.4, 0.5) is 5.69 Å². The molecule has 0 radical (unpaired) electrons. The molecule has 1 aliphatic rings. The number of amides is 3. The molecule has 1 N–H and O–H groups in total. The molecule has 8 nitrogen and oxygen atoms in total. The second-order valence-corrected chi connectivity index (χ2v) is 8.04. The number of carbonyl (C=O) groups is 3. The van der Waals surface area contributed by atoms with E-state index in [2.05, 4.69) is 10.4 Å². The molecule has 0 saturated heterocycles. The Balaban J connectivity index is 1.25. The van der Waals surface area contributed by atoms with Crippen molar-refractivity contribution >= 4 is 23.4 Å². The van der Waals surface area contributed by atoms with Gasteiger partial charge >= 0.3 is 0 Å². The second-order valence-electron chi connectivity index (χ2n) is 8.04. The van der Waals surface area contributed by atoms with Gasteiger partial charge in [-0.25, -0.2) is 0 Å². The van der Waals surface area contributed by atoms with Crippen molar-refractivity contribution in [1.29, 1.82) is 0 Å². The zero-order valence-corrected chi connectivity index (χ0v) is 18.8. The van der Waals surface area contributed by atoms with Crippen molar-refractivity contribution in [2.75, 3.05) is 11.9 Å². The summed E-state index contributed by atoms with van der Waals surface area (Å²) in [6.45, 7) is 1.22. The van der Waals surface area contributed by atoms with Gasteiger partial charge in [-0.3, -0.25) is 24.0 Å². The van der Waals surface area contributed by atoms with Crippen LogP contribution in [0, 0.1) is 0 Å². The molecule has 5 rings (SSSR count). The number of fused-ring (bicyclic) bond motifs is 1. The van der Waals surface area contributed by atoms with Crippen LogP contribution in [0.3, 0.4) is 0 Å². The number of rotatable bonds is 8. The normalized spacial score (nSPS) is 12.5. The number of anilines is 1. The maximum absolute atomic E-state index is 12.9. The SMILES string of the molecule is O=C(Nc1cccc(OCCn2cccn2)c1)c1ccc2c(c1)C(=O)N(Cc1ccccc1)C2=O. The number of imide groups is 1. The predicted molar refractivity (Wildman–Crippen MR) is 129 cm³/mol. The smallest absolute Gasteiger partial charge is 0.261 e. The predicted octanol–water partition coefficient (Wildman–Crippen LogP) is 4.01. The van der Waals surface area contributed by atoms with Gasteiger partial charge in [0.2, 0.25) is 0 Å². The number of hydrogen-bond acceptors (Lipinski definition) is 5. The molecule has 3 amide bonds. The zero-order valence-electron chi connectivity index (χ0n) is 18.8. The van der Waals surface area contributed by atoms with Crippen molar-refractivity contribution in [2.24, 2.45) is 0 Å². The standard InChI is InChI=1S/C27H22N4O4/c32-25(29-21-8-4-9-22(17-21)35-15-14-30-13-5-12-28-30)20-10-11-23-24(16-20)27(34)31(26(23)33)18-19-6-2-1-3-7-19/h1-13,16-17H,14-15,18H2,(H,29,32). The third kappa shape index (κ3) is 4.81. The van der Waals surface area contributed by atoms with E-state index in [4.69, 9.17) is 4.74 Å². The first-order valence-electron chi connectivity index (χ1n) is 11.1. The number of aromatic nitrogens is 2. The number of carbonyl (C=O) groups excluding carboxylic acids is 3. The largest absolute Gasteiger partial charge is 0.492 e. The molecule has 0 fully saturated rings. The topological polar surface area (TPSA) is 93.5 Å². The first-order valence-corrected chi connectivity index (χ1v) is 11.1. The molecule has 0 aliphatic carbocycles. The fourth-order valence-corrected chi connectivity index (χ4v) is 3.90. The summed E-state index contributed by atoms with van der Waals surface area (Å²) in [7, 11) is 0. The van der Waals surface area contributed by atoms with Crippen molar-refractivity contribution < 1.29 is 19.1 Å². The van der Waals surface area contributed by atoms with Crippen molar-refractivity contribution in [1.82, 2.24) is 14.7 Å². The summed E-state index contributed by atoms with van der Waals surface area (Å²) >= 11 is 0. The minimum Gasteiger partial charge on any atom is -0.492 e.